The highest BCUT2D eigenvalue weighted by molar-refractivity contribution is 6.24. The smallest absolute Gasteiger partial charge is 0.255 e. The normalized spacial score (nSPS) is 29.3. The SMILES string of the molecule is CCCCNCC(=O)Nc1ccc2c(c1O)C(O)=C1C(=O)[C@]3(O)C(O)=C(C(N)=O)C(=O)[C@@H](N(C)C)C3C(O)C1C2C. The van der Waals surface area contributed by atoms with E-state index in [-0.39, 0.29) is 17.8 Å². The number of rotatable bonds is 8. The molecule has 4 rings (SSSR count). The lowest BCUT2D eigenvalue weighted by molar-refractivity contribution is -0.169. The van der Waals surface area contributed by atoms with Crippen LogP contribution < -0.4 is 16.4 Å². The molecular weight excluding hydrogens is 536 g/mol. The fourth-order valence-corrected chi connectivity index (χ4v) is 6.42. The van der Waals surface area contributed by atoms with Crippen molar-refractivity contribution in [2.45, 2.75) is 50.4 Å². The number of fused-ring (bicyclic) bond motifs is 3. The lowest BCUT2D eigenvalue weighted by atomic mass is 9.54. The number of aliphatic hydroxyl groups is 4. The van der Waals surface area contributed by atoms with Crippen molar-refractivity contribution in [2.24, 2.45) is 17.6 Å². The van der Waals surface area contributed by atoms with E-state index in [9.17, 15) is 44.7 Å². The number of hydrogen-bond acceptors (Lipinski definition) is 11. The zero-order valence-electron chi connectivity index (χ0n) is 23.3. The number of amides is 2. The maximum absolute atomic E-state index is 14.0. The number of carbonyl (C=O) groups is 4. The number of phenolic OH excluding ortho intramolecular Hbond substituents is 1. The molecule has 0 heterocycles. The third-order valence-corrected chi connectivity index (χ3v) is 8.40. The van der Waals surface area contributed by atoms with E-state index in [1.165, 1.54) is 31.1 Å². The van der Waals surface area contributed by atoms with Crippen LogP contribution in [0.1, 0.15) is 43.7 Å². The van der Waals surface area contributed by atoms with Gasteiger partial charge in [0.15, 0.2) is 11.4 Å². The van der Waals surface area contributed by atoms with Gasteiger partial charge in [-0.25, -0.2) is 0 Å². The number of unbranched alkanes of at least 4 members (excludes halogenated alkanes) is 1. The van der Waals surface area contributed by atoms with Crippen LogP contribution in [0.25, 0.3) is 5.76 Å². The van der Waals surface area contributed by atoms with Gasteiger partial charge in [0, 0.05) is 11.5 Å². The number of hydrogen-bond donors (Lipinski definition) is 8. The third kappa shape index (κ3) is 4.49. The molecule has 9 N–H and O–H groups in total. The van der Waals surface area contributed by atoms with Crippen LogP contribution in [0.2, 0.25) is 0 Å². The lowest BCUT2D eigenvalue weighted by Gasteiger charge is -2.53. The number of nitrogens with one attached hydrogen (secondary N) is 2. The van der Waals surface area contributed by atoms with Crippen molar-refractivity contribution >= 4 is 34.8 Å². The van der Waals surface area contributed by atoms with E-state index >= 15 is 0 Å². The quantitative estimate of drug-likeness (QED) is 0.116. The van der Waals surface area contributed by atoms with E-state index < -0.39 is 87.3 Å². The Kier molecular flexibility index (Phi) is 8.02. The summed E-state index contributed by atoms with van der Waals surface area (Å²) in [6.07, 6.45) is 0.141. The molecule has 2 amide bonds. The lowest BCUT2D eigenvalue weighted by Crippen LogP contribution is -2.70. The van der Waals surface area contributed by atoms with E-state index in [0.717, 1.165) is 12.8 Å². The Morgan fingerprint density at radius 3 is 2.39 bits per heavy atom. The first-order valence-electron chi connectivity index (χ1n) is 13.4. The van der Waals surface area contributed by atoms with Crippen LogP contribution in [-0.4, -0.2) is 98.7 Å². The summed E-state index contributed by atoms with van der Waals surface area (Å²) >= 11 is 0. The van der Waals surface area contributed by atoms with E-state index in [2.05, 4.69) is 10.6 Å². The number of Topliss-reactive ketones (excluding diaryl/α,β-unsaturated/α-hetero) is 2. The second-order valence-electron chi connectivity index (χ2n) is 11.1. The molecule has 0 bridgehead atoms. The number of primary amides is 1. The van der Waals surface area contributed by atoms with Gasteiger partial charge in [-0.15, -0.1) is 0 Å². The van der Waals surface area contributed by atoms with Crippen LogP contribution in [0, 0.1) is 11.8 Å². The van der Waals surface area contributed by atoms with Gasteiger partial charge in [0.1, 0.15) is 22.8 Å². The Hall–Kier alpha value is -3.78. The number of nitrogens with zero attached hydrogens (tertiary/aromatic N) is 1. The van der Waals surface area contributed by atoms with Crippen molar-refractivity contribution in [1.29, 1.82) is 0 Å². The molecule has 1 fully saturated rings. The molecule has 1 saturated carbocycles. The Labute approximate surface area is 236 Å². The second kappa shape index (κ2) is 10.9. The summed E-state index contributed by atoms with van der Waals surface area (Å²) in [6.45, 7) is 4.24. The topological polar surface area (TPSA) is 223 Å². The highest BCUT2D eigenvalue weighted by Gasteiger charge is 2.68. The van der Waals surface area contributed by atoms with Crippen molar-refractivity contribution < 1.29 is 44.7 Å². The number of aromatic hydroxyl groups is 1. The highest BCUT2D eigenvalue weighted by atomic mass is 16.4. The standard InChI is InChI=1S/C28H36N4O9/c1-5-6-9-30-10-14(33)31-13-8-7-12-11(2)15-17(22(35)16(12)21(13)34)25(38)28(41)19(23(15)36)20(32(3)4)24(37)18(26(28)39)27(29)40/h7-8,11,15,19-20,23,30,34-36,39,41H,5-6,9-10H2,1-4H3,(H2,29,40)(H,31,33)/t11?,15?,19?,20-,23?,28-/m0/s1. The molecule has 0 saturated heterocycles. The summed E-state index contributed by atoms with van der Waals surface area (Å²) in [7, 11) is 2.88. The van der Waals surface area contributed by atoms with Crippen LogP contribution in [0.5, 0.6) is 5.75 Å². The Balaban J connectivity index is 1.85. The van der Waals surface area contributed by atoms with Crippen LogP contribution in [-0.2, 0) is 19.2 Å². The molecule has 222 valence electrons. The molecule has 3 aliphatic rings. The van der Waals surface area contributed by atoms with Crippen molar-refractivity contribution in [2.75, 3.05) is 32.5 Å². The molecule has 1 aromatic rings. The molecule has 3 aliphatic carbocycles. The maximum atomic E-state index is 14.0. The Bertz CT molecular complexity index is 1380. The highest BCUT2D eigenvalue weighted by Crippen LogP contribution is 2.56. The third-order valence-electron chi connectivity index (χ3n) is 8.40. The van der Waals surface area contributed by atoms with Gasteiger partial charge in [0.25, 0.3) is 5.91 Å². The number of carbonyl (C=O) groups excluding carboxylic acids is 4. The van der Waals surface area contributed by atoms with Crippen molar-refractivity contribution in [3.8, 4) is 5.75 Å². The van der Waals surface area contributed by atoms with Crippen LogP contribution in [0.15, 0.2) is 29.0 Å². The van der Waals surface area contributed by atoms with E-state index in [0.29, 0.717) is 12.1 Å². The van der Waals surface area contributed by atoms with E-state index in [1.54, 1.807) is 6.92 Å². The number of anilines is 1. The molecule has 13 nitrogen and oxygen atoms in total. The largest absolute Gasteiger partial charge is 0.508 e. The summed E-state index contributed by atoms with van der Waals surface area (Å²) < 4.78 is 0. The zero-order chi connectivity index (χ0) is 30.5. The molecule has 4 unspecified atom stereocenters. The predicted molar refractivity (Wildman–Crippen MR) is 147 cm³/mol. The summed E-state index contributed by atoms with van der Waals surface area (Å²) in [5.74, 6) is -10.2. The van der Waals surface area contributed by atoms with E-state index in [4.69, 9.17) is 5.73 Å². The first-order valence-corrected chi connectivity index (χ1v) is 13.4. The maximum Gasteiger partial charge on any atom is 0.255 e. The van der Waals surface area contributed by atoms with Crippen molar-refractivity contribution in [3.63, 3.8) is 0 Å². The number of likely N-dealkylation sites (N-methyl/N-ethyl adjacent to an activating group) is 1. The molecule has 0 aliphatic heterocycles. The van der Waals surface area contributed by atoms with Gasteiger partial charge in [-0.3, -0.25) is 24.1 Å². The van der Waals surface area contributed by atoms with Crippen LogP contribution in [0.3, 0.4) is 0 Å². The number of aliphatic hydroxyl groups excluding tert-OH is 3. The van der Waals surface area contributed by atoms with Gasteiger partial charge >= 0.3 is 0 Å². The molecular formula is C28H36N4O9. The minimum absolute atomic E-state index is 0.0270. The zero-order valence-corrected chi connectivity index (χ0v) is 23.3. The molecule has 1 aromatic carbocycles. The predicted octanol–water partition coefficient (Wildman–Crippen LogP) is -0.176. The number of ketones is 2. The van der Waals surface area contributed by atoms with Crippen LogP contribution in [0.4, 0.5) is 5.69 Å². The van der Waals surface area contributed by atoms with Gasteiger partial charge in [-0.05, 0) is 44.6 Å². The second-order valence-corrected chi connectivity index (χ2v) is 11.1. The van der Waals surface area contributed by atoms with Crippen LogP contribution >= 0.6 is 0 Å². The summed E-state index contributed by atoms with van der Waals surface area (Å²) in [5, 5.41) is 62.3. The van der Waals surface area contributed by atoms with Gasteiger partial charge in [0.05, 0.1) is 35.9 Å². The Morgan fingerprint density at radius 1 is 1.15 bits per heavy atom. The molecule has 6 atom stereocenters. The van der Waals surface area contributed by atoms with Gasteiger partial charge in [-0.1, -0.05) is 26.3 Å². The fourth-order valence-electron chi connectivity index (χ4n) is 6.42. The number of phenols is 1. The minimum atomic E-state index is -2.99. The number of benzene rings is 1. The average molecular weight is 573 g/mol. The van der Waals surface area contributed by atoms with Gasteiger partial charge in [-0.2, -0.15) is 0 Å². The fraction of sp³-hybridized carbons (Fsp3) is 0.500. The molecule has 0 spiro atoms. The average Bonchev–Trinajstić information content (AvgIpc) is 2.89. The van der Waals surface area contributed by atoms with Gasteiger partial charge < -0.3 is 41.9 Å². The minimum Gasteiger partial charge on any atom is -0.508 e. The van der Waals surface area contributed by atoms with E-state index in [1.807, 2.05) is 6.92 Å². The monoisotopic (exact) mass is 572 g/mol. The molecule has 0 aromatic heterocycles. The van der Waals surface area contributed by atoms with Gasteiger partial charge in [0.2, 0.25) is 11.7 Å². The Morgan fingerprint density at radius 2 is 1.80 bits per heavy atom. The molecule has 13 heteroatoms. The first-order chi connectivity index (χ1) is 19.2. The number of nitrogens with two attached hydrogens (primary N) is 1. The molecule has 41 heavy (non-hydrogen) atoms. The molecule has 0 radical (unpaired) electrons. The van der Waals surface area contributed by atoms with Crippen molar-refractivity contribution in [3.05, 3.63) is 40.2 Å². The summed E-state index contributed by atoms with van der Waals surface area (Å²) in [6, 6.07) is 1.54. The summed E-state index contributed by atoms with van der Waals surface area (Å²) in [4.78, 5) is 53.1. The summed E-state index contributed by atoms with van der Waals surface area (Å²) in [5.41, 5.74) is 0.950. The first kappa shape index (κ1) is 30.2. The van der Waals surface area contributed by atoms with Crippen molar-refractivity contribution in [1.82, 2.24) is 10.2 Å².